The van der Waals surface area contributed by atoms with Crippen molar-refractivity contribution in [3.8, 4) is 0 Å². The summed E-state index contributed by atoms with van der Waals surface area (Å²) in [5.74, 6) is -0.655. The normalized spacial score (nSPS) is 39.7. The molecule has 4 rings (SSSR count). The summed E-state index contributed by atoms with van der Waals surface area (Å²) >= 11 is 0. The van der Waals surface area contributed by atoms with Crippen LogP contribution in [0, 0.1) is 5.92 Å². The lowest BCUT2D eigenvalue weighted by Crippen LogP contribution is -2.51. The van der Waals surface area contributed by atoms with Gasteiger partial charge in [-0.15, -0.1) is 0 Å². The van der Waals surface area contributed by atoms with Crippen LogP contribution in [0.5, 0.6) is 0 Å². The van der Waals surface area contributed by atoms with E-state index in [2.05, 4.69) is 0 Å². The highest BCUT2D eigenvalue weighted by Gasteiger charge is 2.52. The van der Waals surface area contributed by atoms with Crippen molar-refractivity contribution in [3.05, 3.63) is 11.8 Å². The lowest BCUT2D eigenvalue weighted by atomic mass is 9.71. The lowest BCUT2D eigenvalue weighted by Gasteiger charge is -2.45. The van der Waals surface area contributed by atoms with Crippen LogP contribution in [0.3, 0.4) is 0 Å². The Labute approximate surface area is 80.9 Å². The summed E-state index contributed by atoms with van der Waals surface area (Å²) < 4.78 is 10.2. The van der Waals surface area contributed by atoms with E-state index in [9.17, 15) is 9.59 Å². The van der Waals surface area contributed by atoms with Crippen LogP contribution in [0.2, 0.25) is 0 Å². The first-order valence-corrected chi connectivity index (χ1v) is 4.87. The molecule has 0 N–H and O–H groups in total. The van der Waals surface area contributed by atoms with Crippen LogP contribution in [0.25, 0.3) is 0 Å². The first-order valence-electron chi connectivity index (χ1n) is 4.87. The number of fused-ring (bicyclic) bond motifs is 2. The summed E-state index contributed by atoms with van der Waals surface area (Å²) in [4.78, 5) is 22.1. The maximum absolute atomic E-state index is 11.1. The molecule has 74 valence electrons. The van der Waals surface area contributed by atoms with Gasteiger partial charge in [0.1, 0.15) is 5.76 Å². The zero-order chi connectivity index (χ0) is 9.76. The molecule has 1 saturated carbocycles. The Kier molecular flexibility index (Phi) is 1.36. The summed E-state index contributed by atoms with van der Waals surface area (Å²) in [7, 11) is 0. The smallest absolute Gasteiger partial charge is 0.422 e. The molecule has 2 bridgehead atoms. The molecule has 0 aromatic rings. The molecule has 0 radical (unpaired) electrons. The van der Waals surface area contributed by atoms with Gasteiger partial charge in [-0.3, -0.25) is 0 Å². The standard InChI is InChI=1S/C10H10O4/c11-8-9(12)14-10-3-1-6(2-4-10)5-7(10)13-8/h5-6H,1-4H2. The summed E-state index contributed by atoms with van der Waals surface area (Å²) in [5, 5.41) is 0. The lowest BCUT2D eigenvalue weighted by molar-refractivity contribution is -0.193. The maximum Gasteiger partial charge on any atom is 0.422 e. The number of esters is 2. The van der Waals surface area contributed by atoms with E-state index >= 15 is 0 Å². The number of carbonyl (C=O) groups excluding carboxylic acids is 2. The first-order chi connectivity index (χ1) is 6.70. The van der Waals surface area contributed by atoms with Gasteiger partial charge >= 0.3 is 11.9 Å². The summed E-state index contributed by atoms with van der Waals surface area (Å²) in [5.41, 5.74) is -0.597. The third-order valence-electron chi connectivity index (χ3n) is 3.33. The highest BCUT2D eigenvalue weighted by atomic mass is 16.7. The Morgan fingerprint density at radius 2 is 1.93 bits per heavy atom. The molecule has 0 aromatic heterocycles. The van der Waals surface area contributed by atoms with Gasteiger partial charge in [-0.1, -0.05) is 0 Å². The van der Waals surface area contributed by atoms with Crippen molar-refractivity contribution < 1.29 is 19.1 Å². The number of carbonyl (C=O) groups is 2. The molecule has 1 heterocycles. The van der Waals surface area contributed by atoms with E-state index in [1.54, 1.807) is 0 Å². The number of ether oxygens (including phenoxy) is 2. The molecule has 4 nitrogen and oxygen atoms in total. The minimum Gasteiger partial charge on any atom is -0.442 e. The topological polar surface area (TPSA) is 52.6 Å². The second-order valence-electron chi connectivity index (χ2n) is 4.14. The van der Waals surface area contributed by atoms with Crippen molar-refractivity contribution >= 4 is 11.9 Å². The van der Waals surface area contributed by atoms with Gasteiger partial charge in [-0.05, 0) is 37.7 Å². The molecule has 1 saturated heterocycles. The number of rotatable bonds is 0. The van der Waals surface area contributed by atoms with Gasteiger partial charge in [-0.25, -0.2) is 9.59 Å². The van der Waals surface area contributed by atoms with Gasteiger partial charge in [0.2, 0.25) is 0 Å². The van der Waals surface area contributed by atoms with Crippen LogP contribution in [-0.2, 0) is 19.1 Å². The number of allylic oxidation sites excluding steroid dienone is 1. The van der Waals surface area contributed by atoms with Gasteiger partial charge in [0.25, 0.3) is 0 Å². The van der Waals surface area contributed by atoms with Gasteiger partial charge in [-0.2, -0.15) is 0 Å². The van der Waals surface area contributed by atoms with E-state index in [0.717, 1.165) is 25.7 Å². The Balaban J connectivity index is 2.04. The van der Waals surface area contributed by atoms with Gasteiger partial charge in [0, 0.05) is 0 Å². The van der Waals surface area contributed by atoms with Gasteiger partial charge in [0.15, 0.2) is 5.60 Å². The second-order valence-corrected chi connectivity index (χ2v) is 4.14. The predicted molar refractivity (Wildman–Crippen MR) is 45.0 cm³/mol. The first kappa shape index (κ1) is 8.03. The molecule has 4 heteroatoms. The molecular weight excluding hydrogens is 184 g/mol. The molecule has 0 amide bonds. The van der Waals surface area contributed by atoms with Crippen molar-refractivity contribution in [2.75, 3.05) is 0 Å². The quantitative estimate of drug-likeness (QED) is 0.425. The Hall–Kier alpha value is -1.32. The van der Waals surface area contributed by atoms with E-state index in [-0.39, 0.29) is 0 Å². The molecule has 1 spiro atoms. The Bertz CT molecular complexity index is 347. The van der Waals surface area contributed by atoms with E-state index in [1.165, 1.54) is 0 Å². The largest absolute Gasteiger partial charge is 0.442 e. The van der Waals surface area contributed by atoms with Crippen LogP contribution in [-0.4, -0.2) is 17.5 Å². The molecule has 4 aliphatic rings. The fourth-order valence-electron chi connectivity index (χ4n) is 2.53. The number of hydrogen-bond acceptors (Lipinski definition) is 4. The van der Waals surface area contributed by atoms with Crippen LogP contribution in [0.4, 0.5) is 0 Å². The van der Waals surface area contributed by atoms with Crippen LogP contribution < -0.4 is 0 Å². The molecule has 0 aromatic carbocycles. The third-order valence-corrected chi connectivity index (χ3v) is 3.33. The molecule has 1 aliphatic heterocycles. The molecule has 0 unspecified atom stereocenters. The summed E-state index contributed by atoms with van der Waals surface area (Å²) in [6.45, 7) is 0. The van der Waals surface area contributed by atoms with E-state index in [1.807, 2.05) is 6.08 Å². The molecular formula is C10H10O4. The van der Waals surface area contributed by atoms with Crippen molar-refractivity contribution in [3.63, 3.8) is 0 Å². The molecule has 2 fully saturated rings. The molecule has 14 heavy (non-hydrogen) atoms. The van der Waals surface area contributed by atoms with Crippen molar-refractivity contribution in [2.45, 2.75) is 31.3 Å². The minimum atomic E-state index is -0.880. The number of hydrogen-bond donors (Lipinski definition) is 0. The summed E-state index contributed by atoms with van der Waals surface area (Å²) in [6, 6.07) is 0. The van der Waals surface area contributed by atoms with Crippen LogP contribution >= 0.6 is 0 Å². The van der Waals surface area contributed by atoms with Crippen molar-refractivity contribution in [1.29, 1.82) is 0 Å². The van der Waals surface area contributed by atoms with E-state index in [0.29, 0.717) is 11.7 Å². The van der Waals surface area contributed by atoms with Crippen molar-refractivity contribution in [2.24, 2.45) is 5.92 Å². The average Bonchev–Trinajstić information content (AvgIpc) is 2.19. The predicted octanol–water partition coefficient (Wildman–Crippen LogP) is 0.913. The zero-order valence-electron chi connectivity index (χ0n) is 7.62. The van der Waals surface area contributed by atoms with Crippen molar-refractivity contribution in [1.82, 2.24) is 0 Å². The van der Waals surface area contributed by atoms with Crippen LogP contribution in [0.1, 0.15) is 25.7 Å². The molecule has 3 aliphatic carbocycles. The monoisotopic (exact) mass is 194 g/mol. The van der Waals surface area contributed by atoms with E-state index in [4.69, 9.17) is 9.47 Å². The minimum absolute atomic E-state index is 0.497. The average molecular weight is 194 g/mol. The van der Waals surface area contributed by atoms with Crippen LogP contribution in [0.15, 0.2) is 11.8 Å². The van der Waals surface area contributed by atoms with Gasteiger partial charge in [0.05, 0.1) is 0 Å². The Morgan fingerprint density at radius 3 is 2.64 bits per heavy atom. The van der Waals surface area contributed by atoms with E-state index < -0.39 is 17.5 Å². The van der Waals surface area contributed by atoms with Gasteiger partial charge < -0.3 is 9.47 Å². The highest BCUT2D eigenvalue weighted by molar-refractivity contribution is 6.30. The second kappa shape index (κ2) is 2.38. The maximum atomic E-state index is 11.1. The molecule has 0 atom stereocenters. The highest BCUT2D eigenvalue weighted by Crippen LogP contribution is 2.48. The summed E-state index contributed by atoms with van der Waals surface area (Å²) in [6.07, 6.45) is 5.57. The fraction of sp³-hybridized carbons (Fsp3) is 0.600. The Morgan fingerprint density at radius 1 is 1.21 bits per heavy atom. The third kappa shape index (κ3) is 0.882. The SMILES string of the molecule is O=C1OC2=CC3CCC2(CC3)OC1=O. The fourth-order valence-corrected chi connectivity index (χ4v) is 2.53. The zero-order valence-corrected chi connectivity index (χ0v) is 7.62.